The highest BCUT2D eigenvalue weighted by molar-refractivity contribution is 7.85. The highest BCUT2D eigenvalue weighted by Gasteiger charge is 2.34. The number of hydrogen-bond donors (Lipinski definition) is 3. The zero-order valence-corrected chi connectivity index (χ0v) is 19.7. The fourth-order valence-corrected chi connectivity index (χ4v) is 4.85. The third-order valence-corrected chi connectivity index (χ3v) is 6.43. The van der Waals surface area contributed by atoms with Crippen LogP contribution in [-0.2, 0) is 21.5 Å². The number of methoxy groups -OCH3 is 1. The maximum Gasteiger partial charge on any atom is 0.294 e. The minimum absolute atomic E-state index is 0.0164. The summed E-state index contributed by atoms with van der Waals surface area (Å²) < 4.78 is 38.6. The van der Waals surface area contributed by atoms with Crippen molar-refractivity contribution in [2.24, 2.45) is 0 Å². The van der Waals surface area contributed by atoms with E-state index in [1.807, 2.05) is 13.8 Å². The summed E-state index contributed by atoms with van der Waals surface area (Å²) in [7, 11) is -3.12. The second-order valence-electron chi connectivity index (χ2n) is 8.23. The van der Waals surface area contributed by atoms with E-state index >= 15 is 0 Å². The van der Waals surface area contributed by atoms with Crippen LogP contribution < -0.4 is 10.6 Å². The molecule has 3 aromatic rings. The van der Waals surface area contributed by atoms with E-state index < -0.39 is 10.1 Å². The number of carbonyl (C=O) groups is 2. The molecule has 0 spiro atoms. The van der Waals surface area contributed by atoms with E-state index in [2.05, 4.69) is 10.6 Å². The lowest BCUT2D eigenvalue weighted by Crippen LogP contribution is -2.25. The summed E-state index contributed by atoms with van der Waals surface area (Å²) in [5.41, 5.74) is 2.46. The average Bonchev–Trinajstić information content (AvgIpc) is 2.78. The van der Waals surface area contributed by atoms with Gasteiger partial charge in [-0.05, 0) is 38.1 Å². The third-order valence-electron chi connectivity index (χ3n) is 5.49. The largest absolute Gasteiger partial charge is 0.382 e. The Balaban J connectivity index is 1.92. The molecule has 0 saturated heterocycles. The molecule has 3 aromatic carbocycles. The Hall–Kier alpha value is -3.53. The molecule has 9 heteroatoms. The maximum absolute atomic E-state index is 13.6. The van der Waals surface area contributed by atoms with Crippen LogP contribution in [0.3, 0.4) is 0 Å². The molecule has 3 N–H and O–H groups in total. The summed E-state index contributed by atoms with van der Waals surface area (Å²) in [6.07, 6.45) is 0. The van der Waals surface area contributed by atoms with Gasteiger partial charge in [-0.1, -0.05) is 30.3 Å². The molecule has 0 radical (unpaired) electrons. The maximum atomic E-state index is 13.6. The monoisotopic (exact) mass is 480 g/mol. The lowest BCUT2D eigenvalue weighted by atomic mass is 9.82. The van der Waals surface area contributed by atoms with Crippen molar-refractivity contribution in [3.8, 4) is 0 Å². The molecule has 0 saturated carbocycles. The van der Waals surface area contributed by atoms with Crippen molar-refractivity contribution < 1.29 is 27.3 Å². The van der Waals surface area contributed by atoms with Crippen LogP contribution in [0.5, 0.6) is 0 Å². The van der Waals surface area contributed by atoms with Crippen LogP contribution in [0.15, 0.2) is 59.5 Å². The first kappa shape index (κ1) is 23.6. The molecule has 0 aromatic heterocycles. The number of carbonyl (C=O) groups excluding carboxylic acids is 2. The lowest BCUT2D eigenvalue weighted by molar-refractivity contribution is 0.0980. The number of rotatable bonds is 7. The van der Waals surface area contributed by atoms with Gasteiger partial charge < -0.3 is 15.4 Å². The minimum Gasteiger partial charge on any atom is -0.382 e. The molecule has 0 atom stereocenters. The summed E-state index contributed by atoms with van der Waals surface area (Å²) in [4.78, 5) is 26.7. The molecule has 1 aliphatic rings. The summed E-state index contributed by atoms with van der Waals surface area (Å²) in [5.74, 6) is -0.597. The normalized spacial score (nSPS) is 13.0. The van der Waals surface area contributed by atoms with Crippen LogP contribution in [0.2, 0.25) is 0 Å². The predicted octanol–water partition coefficient (Wildman–Crippen LogP) is 4.42. The Morgan fingerprint density at radius 3 is 2.00 bits per heavy atom. The van der Waals surface area contributed by atoms with Crippen LogP contribution in [-0.4, -0.2) is 37.7 Å². The van der Waals surface area contributed by atoms with E-state index in [0.717, 1.165) is 0 Å². The molecule has 34 heavy (non-hydrogen) atoms. The van der Waals surface area contributed by atoms with Crippen LogP contribution in [0, 0.1) is 0 Å². The van der Waals surface area contributed by atoms with E-state index in [0.29, 0.717) is 28.2 Å². The van der Waals surface area contributed by atoms with Crippen LogP contribution in [0.25, 0.3) is 0 Å². The fraction of sp³-hybridized carbons (Fsp3) is 0.200. The Bertz CT molecular complexity index is 1410. The van der Waals surface area contributed by atoms with Gasteiger partial charge in [-0.2, -0.15) is 8.42 Å². The minimum atomic E-state index is -4.52. The molecule has 0 unspecified atom stereocenters. The Kier molecular flexibility index (Phi) is 6.26. The van der Waals surface area contributed by atoms with Crippen molar-refractivity contribution in [3.05, 3.63) is 82.4 Å². The number of anilines is 3. The second kappa shape index (κ2) is 9.02. The van der Waals surface area contributed by atoms with Gasteiger partial charge >= 0.3 is 0 Å². The zero-order chi connectivity index (χ0) is 24.6. The number of nitrogens with one attached hydrogen (secondary N) is 2. The van der Waals surface area contributed by atoms with Gasteiger partial charge in [-0.3, -0.25) is 14.1 Å². The summed E-state index contributed by atoms with van der Waals surface area (Å²) >= 11 is 0. The van der Waals surface area contributed by atoms with Gasteiger partial charge in [0.25, 0.3) is 10.1 Å². The SMILES string of the molecule is COCc1c(Nc2ccc(NC(C)C)c3c2C(=O)c2ccccc2C3=O)cccc1S(=O)(=O)O. The number of benzene rings is 3. The molecular formula is C25H24N2O6S. The van der Waals surface area contributed by atoms with E-state index in [-0.39, 0.29) is 45.8 Å². The smallest absolute Gasteiger partial charge is 0.294 e. The highest BCUT2D eigenvalue weighted by Crippen LogP contribution is 2.38. The summed E-state index contributed by atoms with van der Waals surface area (Å²) in [5, 5.41) is 6.34. The van der Waals surface area contributed by atoms with Gasteiger partial charge in [0, 0.05) is 41.2 Å². The predicted molar refractivity (Wildman–Crippen MR) is 129 cm³/mol. The number of hydrogen-bond acceptors (Lipinski definition) is 7. The molecule has 0 bridgehead atoms. The van der Waals surface area contributed by atoms with Crippen LogP contribution in [0.4, 0.5) is 17.1 Å². The molecule has 1 aliphatic carbocycles. The van der Waals surface area contributed by atoms with Crippen molar-refractivity contribution >= 4 is 38.7 Å². The Morgan fingerprint density at radius 2 is 1.44 bits per heavy atom. The first-order valence-electron chi connectivity index (χ1n) is 10.6. The van der Waals surface area contributed by atoms with Crippen molar-refractivity contribution in [1.29, 1.82) is 0 Å². The van der Waals surface area contributed by atoms with Crippen LogP contribution >= 0.6 is 0 Å². The first-order chi connectivity index (χ1) is 16.1. The van der Waals surface area contributed by atoms with Gasteiger partial charge in [0.05, 0.1) is 23.4 Å². The molecular weight excluding hydrogens is 456 g/mol. The van der Waals surface area contributed by atoms with Gasteiger partial charge in [0.15, 0.2) is 11.6 Å². The van der Waals surface area contributed by atoms with Crippen molar-refractivity contribution in [2.75, 3.05) is 17.7 Å². The second-order valence-corrected chi connectivity index (χ2v) is 9.62. The van der Waals surface area contributed by atoms with E-state index in [4.69, 9.17) is 4.74 Å². The lowest BCUT2D eigenvalue weighted by Gasteiger charge is -2.25. The van der Waals surface area contributed by atoms with Gasteiger partial charge in [0.1, 0.15) is 4.90 Å². The number of ether oxygens (including phenoxy) is 1. The van der Waals surface area contributed by atoms with Gasteiger partial charge in [-0.25, -0.2) is 0 Å². The summed E-state index contributed by atoms with van der Waals surface area (Å²) in [6, 6.07) is 14.4. The van der Waals surface area contributed by atoms with E-state index in [1.54, 1.807) is 42.5 Å². The van der Waals surface area contributed by atoms with Gasteiger partial charge in [0.2, 0.25) is 0 Å². The number of fused-ring (bicyclic) bond motifs is 2. The average molecular weight is 481 g/mol. The standard InChI is InChI=1S/C25H24N2O6S/c1-14(2)26-19-11-12-20(23-22(19)24(28)15-7-4-5-8-16(15)25(23)29)27-18-9-6-10-21(34(30,31)32)17(18)13-33-3/h4-12,14,26-27H,13H2,1-3H3,(H,30,31,32). The molecule has 0 fully saturated rings. The highest BCUT2D eigenvalue weighted by atomic mass is 32.2. The molecule has 0 aliphatic heterocycles. The van der Waals surface area contributed by atoms with Crippen molar-refractivity contribution in [2.45, 2.75) is 31.4 Å². The fourth-order valence-electron chi connectivity index (χ4n) is 4.12. The molecule has 0 amide bonds. The van der Waals surface area contributed by atoms with E-state index in [1.165, 1.54) is 19.2 Å². The quantitative estimate of drug-likeness (QED) is 0.332. The molecule has 176 valence electrons. The van der Waals surface area contributed by atoms with E-state index in [9.17, 15) is 22.6 Å². The molecule has 8 nitrogen and oxygen atoms in total. The van der Waals surface area contributed by atoms with Crippen LogP contribution in [0.1, 0.15) is 51.3 Å². The topological polar surface area (TPSA) is 122 Å². The summed E-state index contributed by atoms with van der Waals surface area (Å²) in [6.45, 7) is 3.75. The molecule has 0 heterocycles. The third kappa shape index (κ3) is 4.21. The first-order valence-corrected chi connectivity index (χ1v) is 12.0. The van der Waals surface area contributed by atoms with Crippen molar-refractivity contribution in [3.63, 3.8) is 0 Å². The zero-order valence-electron chi connectivity index (χ0n) is 18.9. The van der Waals surface area contributed by atoms with Gasteiger partial charge in [-0.15, -0.1) is 0 Å². The Labute approximate surface area is 197 Å². The Morgan fingerprint density at radius 1 is 0.853 bits per heavy atom. The number of ketones is 2. The van der Waals surface area contributed by atoms with Crippen molar-refractivity contribution in [1.82, 2.24) is 0 Å². The molecule has 4 rings (SSSR count).